The molecule has 0 saturated carbocycles. The molecule has 0 aromatic heterocycles. The van der Waals surface area contributed by atoms with Gasteiger partial charge in [-0.05, 0) is 38.3 Å². The zero-order valence-electron chi connectivity index (χ0n) is 12.4. The average Bonchev–Trinajstić information content (AvgIpc) is 2.37. The number of benzene rings is 1. The van der Waals surface area contributed by atoms with Crippen molar-refractivity contribution < 1.29 is 0 Å². The Kier molecular flexibility index (Phi) is 4.78. The van der Waals surface area contributed by atoms with Crippen LogP contribution in [0.15, 0.2) is 36.4 Å². The summed E-state index contributed by atoms with van der Waals surface area (Å²) in [6, 6.07) is 8.95. The van der Waals surface area contributed by atoms with Gasteiger partial charge in [-0.15, -0.1) is 0 Å². The third-order valence-electron chi connectivity index (χ3n) is 3.36. The Morgan fingerprint density at radius 1 is 1.16 bits per heavy atom. The molecule has 19 heavy (non-hydrogen) atoms. The molecule has 0 fully saturated rings. The van der Waals surface area contributed by atoms with Crippen molar-refractivity contribution in [1.82, 2.24) is 10.2 Å². The van der Waals surface area contributed by atoms with E-state index in [0.29, 0.717) is 0 Å². The van der Waals surface area contributed by atoms with E-state index >= 15 is 0 Å². The molecule has 1 N–H and O–H groups in total. The Hall–Kier alpha value is -1.12. The zero-order valence-corrected chi connectivity index (χ0v) is 12.4. The monoisotopic (exact) mass is 258 g/mol. The second-order valence-electron chi connectivity index (χ2n) is 6.42. The summed E-state index contributed by atoms with van der Waals surface area (Å²) >= 11 is 0. The molecule has 1 heterocycles. The lowest BCUT2D eigenvalue weighted by molar-refractivity contribution is 0.290. The lowest BCUT2D eigenvalue weighted by Crippen LogP contribution is -2.35. The maximum absolute atomic E-state index is 3.54. The van der Waals surface area contributed by atoms with Crippen molar-refractivity contribution in [1.29, 1.82) is 0 Å². The minimum atomic E-state index is 0.174. The molecule has 0 amide bonds. The van der Waals surface area contributed by atoms with Crippen LogP contribution in [0.2, 0.25) is 0 Å². The van der Waals surface area contributed by atoms with E-state index in [4.69, 9.17) is 0 Å². The molecule has 1 aliphatic heterocycles. The second-order valence-corrected chi connectivity index (χ2v) is 6.42. The standard InChI is InChI=1S/C17H26N2/c1-17(2,3)18-13-15-8-7-9-16(12-15)14-19-10-5-4-6-11-19/h4-5,7-9,12,18H,6,10-11,13-14H2,1-3H3. The fourth-order valence-electron chi connectivity index (χ4n) is 2.30. The molecule has 0 aliphatic carbocycles. The van der Waals surface area contributed by atoms with Crippen molar-refractivity contribution in [2.75, 3.05) is 13.1 Å². The molecule has 2 rings (SSSR count). The Labute approximate surface area is 117 Å². The van der Waals surface area contributed by atoms with E-state index in [2.05, 4.69) is 67.4 Å². The Morgan fingerprint density at radius 2 is 1.95 bits per heavy atom. The lowest BCUT2D eigenvalue weighted by atomic mass is 10.1. The van der Waals surface area contributed by atoms with Gasteiger partial charge < -0.3 is 5.32 Å². The lowest BCUT2D eigenvalue weighted by Gasteiger charge is -2.24. The molecule has 104 valence electrons. The van der Waals surface area contributed by atoms with Gasteiger partial charge in [0, 0.05) is 31.7 Å². The summed E-state index contributed by atoms with van der Waals surface area (Å²) in [6.45, 7) is 10.9. The fraction of sp³-hybridized carbons (Fsp3) is 0.529. The topological polar surface area (TPSA) is 15.3 Å². The molecule has 0 bridgehead atoms. The number of nitrogens with one attached hydrogen (secondary N) is 1. The van der Waals surface area contributed by atoms with Crippen molar-refractivity contribution in [2.45, 2.75) is 45.8 Å². The van der Waals surface area contributed by atoms with Gasteiger partial charge >= 0.3 is 0 Å². The first-order valence-electron chi connectivity index (χ1n) is 7.23. The Balaban J connectivity index is 1.93. The van der Waals surface area contributed by atoms with E-state index in [1.54, 1.807) is 0 Å². The minimum absolute atomic E-state index is 0.174. The molecule has 0 unspecified atom stereocenters. The van der Waals surface area contributed by atoms with E-state index in [-0.39, 0.29) is 5.54 Å². The molecule has 1 aromatic rings. The molecular weight excluding hydrogens is 232 g/mol. The maximum Gasteiger partial charge on any atom is 0.0237 e. The van der Waals surface area contributed by atoms with Crippen molar-refractivity contribution in [3.63, 3.8) is 0 Å². The maximum atomic E-state index is 3.54. The van der Waals surface area contributed by atoms with Crippen molar-refractivity contribution >= 4 is 0 Å². The minimum Gasteiger partial charge on any atom is -0.308 e. The van der Waals surface area contributed by atoms with Gasteiger partial charge in [-0.1, -0.05) is 36.4 Å². The van der Waals surface area contributed by atoms with Gasteiger partial charge in [0.05, 0.1) is 0 Å². The largest absolute Gasteiger partial charge is 0.308 e. The average molecular weight is 258 g/mol. The Bertz CT molecular complexity index is 429. The van der Waals surface area contributed by atoms with Crippen LogP contribution in [0.25, 0.3) is 0 Å². The van der Waals surface area contributed by atoms with E-state index in [1.165, 1.54) is 24.1 Å². The second kappa shape index (κ2) is 6.36. The number of rotatable bonds is 4. The molecule has 1 aliphatic rings. The zero-order chi connectivity index (χ0) is 13.7. The van der Waals surface area contributed by atoms with E-state index in [1.807, 2.05) is 0 Å². The highest BCUT2D eigenvalue weighted by molar-refractivity contribution is 5.23. The third-order valence-corrected chi connectivity index (χ3v) is 3.36. The molecule has 2 nitrogen and oxygen atoms in total. The number of nitrogens with zero attached hydrogens (tertiary/aromatic N) is 1. The van der Waals surface area contributed by atoms with Crippen LogP contribution in [-0.2, 0) is 13.1 Å². The summed E-state index contributed by atoms with van der Waals surface area (Å²) in [5, 5.41) is 3.54. The normalized spacial score (nSPS) is 16.8. The van der Waals surface area contributed by atoms with Gasteiger partial charge in [-0.2, -0.15) is 0 Å². The summed E-state index contributed by atoms with van der Waals surface area (Å²) in [5.41, 5.74) is 2.97. The number of hydrogen-bond acceptors (Lipinski definition) is 2. The van der Waals surface area contributed by atoms with Crippen LogP contribution < -0.4 is 5.32 Å². The summed E-state index contributed by atoms with van der Waals surface area (Å²) in [6.07, 6.45) is 5.74. The van der Waals surface area contributed by atoms with E-state index < -0.39 is 0 Å². The van der Waals surface area contributed by atoms with Gasteiger partial charge in [-0.3, -0.25) is 4.90 Å². The van der Waals surface area contributed by atoms with Crippen LogP contribution >= 0.6 is 0 Å². The van der Waals surface area contributed by atoms with Crippen LogP contribution in [0.1, 0.15) is 38.3 Å². The quantitative estimate of drug-likeness (QED) is 0.833. The molecule has 0 saturated heterocycles. The predicted molar refractivity (Wildman–Crippen MR) is 82.1 cm³/mol. The van der Waals surface area contributed by atoms with Crippen LogP contribution in [0.5, 0.6) is 0 Å². The van der Waals surface area contributed by atoms with Crippen molar-refractivity contribution in [3.05, 3.63) is 47.5 Å². The van der Waals surface area contributed by atoms with Gasteiger partial charge in [-0.25, -0.2) is 0 Å². The fourth-order valence-corrected chi connectivity index (χ4v) is 2.30. The highest BCUT2D eigenvalue weighted by Crippen LogP contribution is 2.12. The van der Waals surface area contributed by atoms with Crippen molar-refractivity contribution in [3.8, 4) is 0 Å². The van der Waals surface area contributed by atoms with Gasteiger partial charge in [0.1, 0.15) is 0 Å². The SMILES string of the molecule is CC(C)(C)NCc1cccc(CN2CC=CCC2)c1. The summed E-state index contributed by atoms with van der Waals surface area (Å²) < 4.78 is 0. The molecule has 1 aromatic carbocycles. The Morgan fingerprint density at radius 3 is 2.63 bits per heavy atom. The summed E-state index contributed by atoms with van der Waals surface area (Å²) in [5.74, 6) is 0. The predicted octanol–water partition coefficient (Wildman–Crippen LogP) is 3.34. The third kappa shape index (κ3) is 5.17. The first kappa shape index (κ1) is 14.3. The molecule has 0 spiro atoms. The summed E-state index contributed by atoms with van der Waals surface area (Å²) in [4.78, 5) is 2.50. The first-order valence-corrected chi connectivity index (χ1v) is 7.23. The van der Waals surface area contributed by atoms with Crippen LogP contribution in [-0.4, -0.2) is 23.5 Å². The van der Waals surface area contributed by atoms with Crippen LogP contribution in [0.4, 0.5) is 0 Å². The smallest absolute Gasteiger partial charge is 0.0237 e. The van der Waals surface area contributed by atoms with Crippen LogP contribution in [0.3, 0.4) is 0 Å². The molecular formula is C17H26N2. The van der Waals surface area contributed by atoms with Gasteiger partial charge in [0.25, 0.3) is 0 Å². The molecule has 2 heteroatoms. The number of hydrogen-bond donors (Lipinski definition) is 1. The van der Waals surface area contributed by atoms with E-state index in [9.17, 15) is 0 Å². The van der Waals surface area contributed by atoms with E-state index in [0.717, 1.165) is 19.6 Å². The highest BCUT2D eigenvalue weighted by Gasteiger charge is 2.09. The molecule has 0 radical (unpaired) electrons. The van der Waals surface area contributed by atoms with Crippen LogP contribution in [0, 0.1) is 0 Å². The molecule has 0 atom stereocenters. The summed E-state index contributed by atoms with van der Waals surface area (Å²) in [7, 11) is 0. The van der Waals surface area contributed by atoms with Crippen molar-refractivity contribution in [2.24, 2.45) is 0 Å². The van der Waals surface area contributed by atoms with Gasteiger partial charge in [0.15, 0.2) is 0 Å². The highest BCUT2D eigenvalue weighted by atomic mass is 15.1. The first-order chi connectivity index (χ1) is 9.03. The van der Waals surface area contributed by atoms with Gasteiger partial charge in [0.2, 0.25) is 0 Å².